The summed E-state index contributed by atoms with van der Waals surface area (Å²) in [5.74, 6) is -0.362. The van der Waals surface area contributed by atoms with Gasteiger partial charge in [0.1, 0.15) is 5.82 Å². The summed E-state index contributed by atoms with van der Waals surface area (Å²) in [5, 5.41) is 16.4. The second kappa shape index (κ2) is 4.50. The van der Waals surface area contributed by atoms with Crippen molar-refractivity contribution < 1.29 is 9.90 Å². The quantitative estimate of drug-likeness (QED) is 0.837. The van der Waals surface area contributed by atoms with Crippen LogP contribution in [0.2, 0.25) is 0 Å². The third kappa shape index (κ3) is 2.59. The number of aryl methyl sites for hydroxylation is 2. The third-order valence-electron chi connectivity index (χ3n) is 2.10. The largest absolute Gasteiger partial charge is 0.479 e. The van der Waals surface area contributed by atoms with Crippen LogP contribution < -0.4 is 5.32 Å². The molecule has 2 N–H and O–H groups in total. The van der Waals surface area contributed by atoms with Gasteiger partial charge in [0.25, 0.3) is 0 Å². The molecule has 1 atom stereocenters. The monoisotopic (exact) mass is 253 g/mol. The lowest BCUT2D eigenvalue weighted by Gasteiger charge is -2.10. The molecule has 0 fully saturated rings. The van der Waals surface area contributed by atoms with E-state index in [1.54, 1.807) is 24.9 Å². The molecule has 2 aromatic rings. The lowest BCUT2D eigenvalue weighted by atomic mass is 10.2. The first kappa shape index (κ1) is 11.5. The fourth-order valence-corrected chi connectivity index (χ4v) is 1.96. The third-order valence-corrected chi connectivity index (χ3v) is 2.84. The molecular formula is C9H11N5O2S. The fourth-order valence-electron chi connectivity index (χ4n) is 1.36. The molecule has 0 bridgehead atoms. The summed E-state index contributed by atoms with van der Waals surface area (Å²) >= 11 is 1.13. The smallest absolute Gasteiger partial charge is 0.331 e. The molecule has 17 heavy (non-hydrogen) atoms. The first-order valence-corrected chi connectivity index (χ1v) is 5.62. The van der Waals surface area contributed by atoms with Crippen LogP contribution in [-0.2, 0) is 11.8 Å². The molecular weight excluding hydrogens is 242 g/mol. The van der Waals surface area contributed by atoms with Gasteiger partial charge in [0, 0.05) is 30.3 Å². The van der Waals surface area contributed by atoms with Gasteiger partial charge < -0.3 is 10.4 Å². The van der Waals surface area contributed by atoms with Crippen molar-refractivity contribution in [3.05, 3.63) is 23.8 Å². The van der Waals surface area contributed by atoms with E-state index in [2.05, 4.69) is 19.8 Å². The van der Waals surface area contributed by atoms with E-state index in [1.807, 2.05) is 0 Å². The molecule has 90 valence electrons. The van der Waals surface area contributed by atoms with Gasteiger partial charge in [-0.2, -0.15) is 9.47 Å². The average molecular weight is 253 g/mol. The summed E-state index contributed by atoms with van der Waals surface area (Å²) in [5.41, 5.74) is 0.577. The van der Waals surface area contributed by atoms with E-state index >= 15 is 0 Å². The standard InChI is InChI=1S/C9H11N5O2S/c1-5-11-9(17-13-5)12-7(8(15)16)6-3-10-14(2)4-6/h3-4,7H,1-2H3,(H,15,16)(H,11,12,13). The molecule has 7 nitrogen and oxygen atoms in total. The summed E-state index contributed by atoms with van der Waals surface area (Å²) in [6, 6.07) is -0.865. The summed E-state index contributed by atoms with van der Waals surface area (Å²) in [6.07, 6.45) is 3.17. The van der Waals surface area contributed by atoms with Crippen molar-refractivity contribution >= 4 is 22.6 Å². The van der Waals surface area contributed by atoms with Gasteiger partial charge >= 0.3 is 5.97 Å². The Balaban J connectivity index is 2.21. The number of carbonyl (C=O) groups is 1. The van der Waals surface area contributed by atoms with Crippen LogP contribution in [0.3, 0.4) is 0 Å². The molecule has 0 aliphatic heterocycles. The fraction of sp³-hybridized carbons (Fsp3) is 0.333. The van der Waals surface area contributed by atoms with Crippen LogP contribution in [0.4, 0.5) is 5.13 Å². The predicted molar refractivity (Wildman–Crippen MR) is 61.9 cm³/mol. The molecule has 0 amide bonds. The maximum atomic E-state index is 11.2. The highest BCUT2D eigenvalue weighted by Crippen LogP contribution is 2.20. The summed E-state index contributed by atoms with van der Waals surface area (Å²) in [4.78, 5) is 15.2. The predicted octanol–water partition coefficient (Wildman–Crippen LogP) is 0.818. The molecule has 2 heterocycles. The molecule has 0 spiro atoms. The molecule has 2 rings (SSSR count). The van der Waals surface area contributed by atoms with Crippen LogP contribution in [0.1, 0.15) is 17.4 Å². The Morgan fingerprint density at radius 1 is 1.65 bits per heavy atom. The Morgan fingerprint density at radius 3 is 2.88 bits per heavy atom. The topological polar surface area (TPSA) is 92.9 Å². The van der Waals surface area contributed by atoms with E-state index in [0.717, 1.165) is 11.5 Å². The van der Waals surface area contributed by atoms with Gasteiger partial charge in [-0.25, -0.2) is 9.78 Å². The molecule has 0 saturated heterocycles. The highest BCUT2D eigenvalue weighted by atomic mass is 32.1. The number of carboxylic acid groups (broad SMARTS) is 1. The molecule has 0 aliphatic rings. The first-order valence-electron chi connectivity index (χ1n) is 4.84. The zero-order valence-corrected chi connectivity index (χ0v) is 10.1. The minimum absolute atomic E-state index is 0.485. The van der Waals surface area contributed by atoms with Crippen LogP contribution in [-0.4, -0.2) is 30.2 Å². The molecule has 1 unspecified atom stereocenters. The SMILES string of the molecule is Cc1nsc(NC(C(=O)O)c2cnn(C)c2)n1. The maximum Gasteiger partial charge on any atom is 0.331 e. The van der Waals surface area contributed by atoms with Gasteiger partial charge in [-0.05, 0) is 6.92 Å². The van der Waals surface area contributed by atoms with Gasteiger partial charge in [0.15, 0.2) is 6.04 Å². The highest BCUT2D eigenvalue weighted by molar-refractivity contribution is 7.09. The summed E-state index contributed by atoms with van der Waals surface area (Å²) in [6.45, 7) is 1.75. The number of aromatic nitrogens is 4. The van der Waals surface area contributed by atoms with Crippen molar-refractivity contribution in [1.29, 1.82) is 0 Å². The molecule has 2 aromatic heterocycles. The Labute approximate surface area is 101 Å². The average Bonchev–Trinajstić information content (AvgIpc) is 2.83. The van der Waals surface area contributed by atoms with E-state index in [9.17, 15) is 4.79 Å². The normalized spacial score (nSPS) is 12.4. The van der Waals surface area contributed by atoms with Gasteiger partial charge in [-0.3, -0.25) is 4.68 Å². The Hall–Kier alpha value is -1.96. The van der Waals surface area contributed by atoms with E-state index in [4.69, 9.17) is 5.11 Å². The minimum Gasteiger partial charge on any atom is -0.479 e. The lowest BCUT2D eigenvalue weighted by molar-refractivity contribution is -0.138. The van der Waals surface area contributed by atoms with Crippen LogP contribution in [0.15, 0.2) is 12.4 Å². The van der Waals surface area contributed by atoms with Gasteiger partial charge in [-0.15, -0.1) is 0 Å². The van der Waals surface area contributed by atoms with E-state index in [-0.39, 0.29) is 0 Å². The zero-order chi connectivity index (χ0) is 12.4. The van der Waals surface area contributed by atoms with E-state index in [0.29, 0.717) is 16.5 Å². The lowest BCUT2D eigenvalue weighted by Crippen LogP contribution is -2.20. The number of anilines is 1. The second-order valence-electron chi connectivity index (χ2n) is 3.51. The molecule has 0 saturated carbocycles. The molecule has 0 aliphatic carbocycles. The van der Waals surface area contributed by atoms with Gasteiger partial charge in [0.05, 0.1) is 6.20 Å². The number of aliphatic carboxylic acids is 1. The summed E-state index contributed by atoms with van der Waals surface area (Å²) < 4.78 is 5.54. The molecule has 0 radical (unpaired) electrons. The Morgan fingerprint density at radius 2 is 2.41 bits per heavy atom. The number of hydrogen-bond acceptors (Lipinski definition) is 6. The minimum atomic E-state index is -0.981. The number of rotatable bonds is 4. The van der Waals surface area contributed by atoms with Crippen LogP contribution in [0.5, 0.6) is 0 Å². The van der Waals surface area contributed by atoms with Crippen molar-refractivity contribution in [2.24, 2.45) is 7.05 Å². The summed E-state index contributed by atoms with van der Waals surface area (Å²) in [7, 11) is 1.73. The van der Waals surface area contributed by atoms with E-state index < -0.39 is 12.0 Å². The van der Waals surface area contributed by atoms with Crippen molar-refractivity contribution in [3.8, 4) is 0 Å². The zero-order valence-electron chi connectivity index (χ0n) is 9.28. The number of carboxylic acids is 1. The number of nitrogens with one attached hydrogen (secondary N) is 1. The Kier molecular flexibility index (Phi) is 3.05. The Bertz CT molecular complexity index is 535. The second-order valence-corrected chi connectivity index (χ2v) is 4.26. The number of nitrogens with zero attached hydrogens (tertiary/aromatic N) is 4. The maximum absolute atomic E-state index is 11.2. The molecule has 8 heteroatoms. The highest BCUT2D eigenvalue weighted by Gasteiger charge is 2.22. The van der Waals surface area contributed by atoms with Crippen LogP contribution in [0, 0.1) is 6.92 Å². The van der Waals surface area contributed by atoms with Gasteiger partial charge in [0.2, 0.25) is 5.13 Å². The van der Waals surface area contributed by atoms with Crippen molar-refractivity contribution in [3.63, 3.8) is 0 Å². The van der Waals surface area contributed by atoms with Crippen LogP contribution >= 0.6 is 11.5 Å². The van der Waals surface area contributed by atoms with Crippen molar-refractivity contribution in [2.75, 3.05) is 5.32 Å². The van der Waals surface area contributed by atoms with E-state index in [1.165, 1.54) is 6.20 Å². The first-order chi connectivity index (χ1) is 8.06. The van der Waals surface area contributed by atoms with Crippen molar-refractivity contribution in [2.45, 2.75) is 13.0 Å². The van der Waals surface area contributed by atoms with Crippen LogP contribution in [0.25, 0.3) is 0 Å². The molecule has 0 aromatic carbocycles. The van der Waals surface area contributed by atoms with Crippen molar-refractivity contribution in [1.82, 2.24) is 19.1 Å². The van der Waals surface area contributed by atoms with Gasteiger partial charge in [-0.1, -0.05) is 0 Å². The number of hydrogen-bond donors (Lipinski definition) is 2.